The first-order valence-corrected chi connectivity index (χ1v) is 6.07. The number of carbonyl (C=O) groups is 1. The predicted molar refractivity (Wildman–Crippen MR) is 66.2 cm³/mol. The number of pyridine rings is 1. The third-order valence-corrected chi connectivity index (χ3v) is 3.35. The zero-order chi connectivity index (χ0) is 12.4. The molecule has 1 atom stereocenters. The highest BCUT2D eigenvalue weighted by Gasteiger charge is 2.29. The summed E-state index contributed by atoms with van der Waals surface area (Å²) in [5.74, 6) is 1.37. The molecule has 1 aliphatic heterocycles. The first-order valence-electron chi connectivity index (χ1n) is 6.07. The predicted octanol–water partition coefficient (Wildman–Crippen LogP) is 2.30. The van der Waals surface area contributed by atoms with Crippen molar-refractivity contribution in [3.05, 3.63) is 54.2 Å². The molecule has 1 fully saturated rings. The Hall–Kier alpha value is -2.10. The molecule has 0 radical (unpaired) electrons. The highest BCUT2D eigenvalue weighted by molar-refractivity contribution is 5.94. The van der Waals surface area contributed by atoms with Gasteiger partial charge in [0.1, 0.15) is 5.76 Å². The Balaban J connectivity index is 1.71. The number of likely N-dealkylation sites (tertiary alicyclic amines) is 1. The Kier molecular flexibility index (Phi) is 2.84. The molecule has 92 valence electrons. The van der Waals surface area contributed by atoms with Crippen molar-refractivity contribution < 1.29 is 9.21 Å². The standard InChI is InChI=1S/C14H14N2O2/c17-14(11-3-6-15-7-4-11)16-8-5-12(10-16)13-2-1-9-18-13/h1-4,6-7,9,12H,5,8,10H2. The summed E-state index contributed by atoms with van der Waals surface area (Å²) >= 11 is 0. The molecule has 18 heavy (non-hydrogen) atoms. The molecule has 2 aromatic rings. The van der Waals surface area contributed by atoms with Gasteiger partial charge in [-0.15, -0.1) is 0 Å². The van der Waals surface area contributed by atoms with Crippen molar-refractivity contribution in [3.63, 3.8) is 0 Å². The van der Waals surface area contributed by atoms with Crippen LogP contribution in [0.15, 0.2) is 47.3 Å². The molecule has 4 heteroatoms. The van der Waals surface area contributed by atoms with E-state index in [2.05, 4.69) is 4.98 Å². The van der Waals surface area contributed by atoms with Crippen LogP contribution in [-0.2, 0) is 0 Å². The summed E-state index contributed by atoms with van der Waals surface area (Å²) in [6, 6.07) is 7.37. The molecule has 2 aromatic heterocycles. The van der Waals surface area contributed by atoms with E-state index in [1.165, 1.54) is 0 Å². The molecular weight excluding hydrogens is 228 g/mol. The number of rotatable bonds is 2. The third kappa shape index (κ3) is 2.01. The van der Waals surface area contributed by atoms with E-state index < -0.39 is 0 Å². The highest BCUT2D eigenvalue weighted by Crippen LogP contribution is 2.28. The summed E-state index contributed by atoms with van der Waals surface area (Å²) in [5.41, 5.74) is 0.699. The summed E-state index contributed by atoms with van der Waals surface area (Å²) < 4.78 is 5.40. The van der Waals surface area contributed by atoms with Gasteiger partial charge in [-0.1, -0.05) is 0 Å². The first-order chi connectivity index (χ1) is 8.84. The molecule has 0 saturated carbocycles. The topological polar surface area (TPSA) is 46.3 Å². The molecule has 1 unspecified atom stereocenters. The quantitative estimate of drug-likeness (QED) is 0.811. The van der Waals surface area contributed by atoms with Crippen LogP contribution in [0, 0.1) is 0 Å². The van der Waals surface area contributed by atoms with Crippen molar-refractivity contribution in [2.75, 3.05) is 13.1 Å². The van der Waals surface area contributed by atoms with Crippen molar-refractivity contribution >= 4 is 5.91 Å². The van der Waals surface area contributed by atoms with Gasteiger partial charge in [0.2, 0.25) is 0 Å². The second-order valence-corrected chi connectivity index (χ2v) is 4.49. The first kappa shape index (κ1) is 11.0. The van der Waals surface area contributed by atoms with Gasteiger partial charge < -0.3 is 9.32 Å². The number of hydrogen-bond donors (Lipinski definition) is 0. The van der Waals surface area contributed by atoms with Crippen LogP contribution in [-0.4, -0.2) is 28.9 Å². The van der Waals surface area contributed by atoms with Crippen LogP contribution < -0.4 is 0 Å². The zero-order valence-corrected chi connectivity index (χ0v) is 9.95. The summed E-state index contributed by atoms with van der Waals surface area (Å²) in [6.07, 6.45) is 5.94. The maximum absolute atomic E-state index is 12.2. The smallest absolute Gasteiger partial charge is 0.253 e. The van der Waals surface area contributed by atoms with Gasteiger partial charge in [0.15, 0.2) is 0 Å². The number of furan rings is 1. The average molecular weight is 242 g/mol. The fourth-order valence-corrected chi connectivity index (χ4v) is 2.38. The molecule has 1 amide bonds. The van der Waals surface area contributed by atoms with Gasteiger partial charge in [0.25, 0.3) is 5.91 Å². The Labute approximate surface area is 105 Å². The Morgan fingerprint density at radius 1 is 1.33 bits per heavy atom. The normalized spacial score (nSPS) is 19.1. The minimum absolute atomic E-state index is 0.0754. The molecule has 0 bridgehead atoms. The van der Waals surface area contributed by atoms with E-state index in [0.717, 1.165) is 25.3 Å². The van der Waals surface area contributed by atoms with Crippen LogP contribution in [0.25, 0.3) is 0 Å². The Morgan fingerprint density at radius 2 is 2.17 bits per heavy atom. The molecule has 3 heterocycles. The molecular formula is C14H14N2O2. The van der Waals surface area contributed by atoms with Crippen LogP contribution in [0.5, 0.6) is 0 Å². The zero-order valence-electron chi connectivity index (χ0n) is 9.95. The lowest BCUT2D eigenvalue weighted by atomic mass is 10.1. The molecule has 4 nitrogen and oxygen atoms in total. The maximum atomic E-state index is 12.2. The summed E-state index contributed by atoms with van der Waals surface area (Å²) in [6.45, 7) is 1.52. The molecule has 0 spiro atoms. The van der Waals surface area contributed by atoms with Gasteiger partial charge in [-0.25, -0.2) is 0 Å². The minimum Gasteiger partial charge on any atom is -0.469 e. The lowest BCUT2D eigenvalue weighted by Gasteiger charge is -2.15. The molecule has 0 aromatic carbocycles. The number of carbonyl (C=O) groups excluding carboxylic acids is 1. The average Bonchev–Trinajstić information content (AvgIpc) is 3.09. The van der Waals surface area contributed by atoms with Crippen LogP contribution >= 0.6 is 0 Å². The van der Waals surface area contributed by atoms with Gasteiger partial charge >= 0.3 is 0 Å². The largest absolute Gasteiger partial charge is 0.469 e. The number of hydrogen-bond acceptors (Lipinski definition) is 3. The van der Waals surface area contributed by atoms with Crippen LogP contribution in [0.4, 0.5) is 0 Å². The molecule has 0 N–H and O–H groups in total. The van der Waals surface area contributed by atoms with E-state index in [-0.39, 0.29) is 5.91 Å². The SMILES string of the molecule is O=C(c1ccncc1)N1CCC(c2ccco2)C1. The Morgan fingerprint density at radius 3 is 2.89 bits per heavy atom. The number of nitrogens with zero attached hydrogens (tertiary/aromatic N) is 2. The second-order valence-electron chi connectivity index (χ2n) is 4.49. The Bertz CT molecular complexity index is 522. The second kappa shape index (κ2) is 4.64. The monoisotopic (exact) mass is 242 g/mol. The van der Waals surface area contributed by atoms with Crippen LogP contribution in [0.2, 0.25) is 0 Å². The molecule has 1 aliphatic rings. The fourth-order valence-electron chi connectivity index (χ4n) is 2.38. The van der Waals surface area contributed by atoms with Gasteiger partial charge in [-0.2, -0.15) is 0 Å². The molecule has 1 saturated heterocycles. The van der Waals surface area contributed by atoms with Crippen molar-refractivity contribution in [2.45, 2.75) is 12.3 Å². The number of amides is 1. The molecule has 0 aliphatic carbocycles. The lowest BCUT2D eigenvalue weighted by molar-refractivity contribution is 0.0790. The number of aromatic nitrogens is 1. The van der Waals surface area contributed by atoms with E-state index in [4.69, 9.17) is 4.42 Å². The van der Waals surface area contributed by atoms with E-state index in [9.17, 15) is 4.79 Å². The lowest BCUT2D eigenvalue weighted by Crippen LogP contribution is -2.28. The van der Waals surface area contributed by atoms with E-state index in [0.29, 0.717) is 11.5 Å². The van der Waals surface area contributed by atoms with Crippen molar-refractivity contribution in [2.24, 2.45) is 0 Å². The third-order valence-electron chi connectivity index (χ3n) is 3.35. The molecule has 3 rings (SSSR count). The highest BCUT2D eigenvalue weighted by atomic mass is 16.3. The van der Waals surface area contributed by atoms with Gasteiger partial charge in [0, 0.05) is 37.0 Å². The van der Waals surface area contributed by atoms with E-state index in [1.54, 1.807) is 30.8 Å². The minimum atomic E-state index is 0.0754. The van der Waals surface area contributed by atoms with Crippen molar-refractivity contribution in [1.29, 1.82) is 0 Å². The summed E-state index contributed by atoms with van der Waals surface area (Å²) in [5, 5.41) is 0. The van der Waals surface area contributed by atoms with Gasteiger partial charge in [-0.05, 0) is 30.7 Å². The maximum Gasteiger partial charge on any atom is 0.253 e. The summed E-state index contributed by atoms with van der Waals surface area (Å²) in [7, 11) is 0. The fraction of sp³-hybridized carbons (Fsp3) is 0.286. The van der Waals surface area contributed by atoms with Crippen LogP contribution in [0.1, 0.15) is 28.5 Å². The van der Waals surface area contributed by atoms with E-state index >= 15 is 0 Å². The van der Waals surface area contributed by atoms with Gasteiger partial charge in [-0.3, -0.25) is 9.78 Å². The van der Waals surface area contributed by atoms with Gasteiger partial charge in [0.05, 0.1) is 6.26 Å². The van der Waals surface area contributed by atoms with Crippen molar-refractivity contribution in [3.8, 4) is 0 Å². The van der Waals surface area contributed by atoms with Crippen molar-refractivity contribution in [1.82, 2.24) is 9.88 Å². The summed E-state index contributed by atoms with van der Waals surface area (Å²) in [4.78, 5) is 18.0. The van der Waals surface area contributed by atoms with E-state index in [1.807, 2.05) is 17.0 Å². The van der Waals surface area contributed by atoms with Crippen LogP contribution in [0.3, 0.4) is 0 Å².